The van der Waals surface area contributed by atoms with Crippen molar-refractivity contribution < 1.29 is 13.6 Å². The van der Waals surface area contributed by atoms with E-state index in [1.807, 2.05) is 0 Å². The first kappa shape index (κ1) is 12.1. The highest BCUT2D eigenvalue weighted by Gasteiger charge is 2.24. The van der Waals surface area contributed by atoms with Crippen LogP contribution in [0, 0.1) is 0 Å². The van der Waals surface area contributed by atoms with Crippen LogP contribution in [0.2, 0.25) is 0 Å². The molecule has 0 radical (unpaired) electrons. The van der Waals surface area contributed by atoms with Crippen LogP contribution in [0.3, 0.4) is 0 Å². The second kappa shape index (κ2) is 4.67. The molecular formula is C7H5Br2F2NOS. The fraction of sp³-hybridized carbons (Fsp3) is 0.286. The van der Waals surface area contributed by atoms with Gasteiger partial charge in [0.25, 0.3) is 5.91 Å². The molecule has 78 valence electrons. The van der Waals surface area contributed by atoms with Gasteiger partial charge in [-0.3, -0.25) is 4.79 Å². The molecule has 0 spiro atoms. The van der Waals surface area contributed by atoms with Crippen molar-refractivity contribution in [1.82, 2.24) is 5.32 Å². The van der Waals surface area contributed by atoms with Gasteiger partial charge in [-0.2, -0.15) is 8.78 Å². The highest BCUT2D eigenvalue weighted by atomic mass is 79.9. The Morgan fingerprint density at radius 1 is 1.64 bits per heavy atom. The average molecular weight is 349 g/mol. The lowest BCUT2D eigenvalue weighted by Gasteiger charge is -2.08. The van der Waals surface area contributed by atoms with Crippen molar-refractivity contribution in [1.29, 1.82) is 0 Å². The van der Waals surface area contributed by atoms with E-state index in [4.69, 9.17) is 0 Å². The SMILES string of the molecule is O=C(NCC(F)(F)Br)c1csc(Br)c1. The summed E-state index contributed by atoms with van der Waals surface area (Å²) in [5.41, 5.74) is 0.374. The highest BCUT2D eigenvalue weighted by Crippen LogP contribution is 2.22. The average Bonchev–Trinajstić information content (AvgIpc) is 2.46. The van der Waals surface area contributed by atoms with Gasteiger partial charge in [0.2, 0.25) is 0 Å². The van der Waals surface area contributed by atoms with E-state index < -0.39 is 17.3 Å². The summed E-state index contributed by atoms with van der Waals surface area (Å²) in [5, 5.41) is 3.69. The molecule has 0 bridgehead atoms. The Kier molecular flexibility index (Phi) is 4.03. The molecule has 0 atom stereocenters. The zero-order valence-corrected chi connectivity index (χ0v) is 10.7. The molecule has 0 saturated heterocycles. The molecule has 0 aliphatic carbocycles. The quantitative estimate of drug-likeness (QED) is 0.835. The van der Waals surface area contributed by atoms with Gasteiger partial charge in [-0.25, -0.2) is 0 Å². The van der Waals surface area contributed by atoms with Crippen LogP contribution in [0.25, 0.3) is 0 Å². The zero-order chi connectivity index (χ0) is 10.8. The van der Waals surface area contributed by atoms with Crippen molar-refractivity contribution in [2.75, 3.05) is 6.54 Å². The Morgan fingerprint density at radius 2 is 2.29 bits per heavy atom. The van der Waals surface area contributed by atoms with Crippen LogP contribution in [-0.4, -0.2) is 17.3 Å². The minimum Gasteiger partial charge on any atom is -0.345 e. The van der Waals surface area contributed by atoms with Crippen LogP contribution in [0.1, 0.15) is 10.4 Å². The number of carbonyl (C=O) groups is 1. The van der Waals surface area contributed by atoms with Gasteiger partial charge >= 0.3 is 4.83 Å². The van der Waals surface area contributed by atoms with Crippen molar-refractivity contribution in [3.8, 4) is 0 Å². The van der Waals surface area contributed by atoms with Crippen LogP contribution in [0.4, 0.5) is 8.78 Å². The first-order valence-electron chi connectivity index (χ1n) is 3.47. The molecule has 1 aromatic heterocycles. The number of hydrogen-bond donors (Lipinski definition) is 1. The van der Waals surface area contributed by atoms with Crippen molar-refractivity contribution in [3.05, 3.63) is 20.8 Å². The fourth-order valence-corrected chi connectivity index (χ4v) is 1.99. The maximum atomic E-state index is 12.3. The summed E-state index contributed by atoms with van der Waals surface area (Å²) in [6.07, 6.45) is 0. The van der Waals surface area contributed by atoms with E-state index in [-0.39, 0.29) is 0 Å². The van der Waals surface area contributed by atoms with Gasteiger partial charge in [0.05, 0.1) is 15.9 Å². The molecule has 1 amide bonds. The number of amides is 1. The van der Waals surface area contributed by atoms with Crippen molar-refractivity contribution >= 4 is 49.1 Å². The minimum atomic E-state index is -3.06. The summed E-state index contributed by atoms with van der Waals surface area (Å²) in [7, 11) is 0. The van der Waals surface area contributed by atoms with Gasteiger partial charge in [-0.05, 0) is 37.9 Å². The van der Waals surface area contributed by atoms with Gasteiger partial charge in [0.15, 0.2) is 0 Å². The Balaban J connectivity index is 2.52. The zero-order valence-electron chi connectivity index (χ0n) is 6.69. The normalized spacial score (nSPS) is 11.4. The lowest BCUT2D eigenvalue weighted by Crippen LogP contribution is -2.32. The molecule has 0 aliphatic heterocycles. The first-order valence-corrected chi connectivity index (χ1v) is 5.94. The van der Waals surface area contributed by atoms with Gasteiger partial charge in [0.1, 0.15) is 0 Å². The maximum Gasteiger partial charge on any atom is 0.318 e. The first-order chi connectivity index (χ1) is 6.38. The summed E-state index contributed by atoms with van der Waals surface area (Å²) in [5.74, 6) is -0.508. The predicted octanol–water partition coefficient (Wildman–Crippen LogP) is 3.23. The Hall–Kier alpha value is -0.0100. The number of nitrogens with one attached hydrogen (secondary N) is 1. The van der Waals surface area contributed by atoms with Gasteiger partial charge < -0.3 is 5.32 Å². The molecule has 0 fully saturated rings. The van der Waals surface area contributed by atoms with E-state index in [1.165, 1.54) is 11.3 Å². The second-order valence-corrected chi connectivity index (χ2v) is 5.89. The number of alkyl halides is 3. The van der Waals surface area contributed by atoms with Crippen LogP contribution < -0.4 is 5.32 Å². The van der Waals surface area contributed by atoms with Gasteiger partial charge in [-0.15, -0.1) is 11.3 Å². The number of halogens is 4. The monoisotopic (exact) mass is 347 g/mol. The standard InChI is InChI=1S/C7H5Br2F2NOS/c8-5-1-4(2-14-5)6(13)12-3-7(9,10)11/h1-2H,3H2,(H,12,13). The van der Waals surface area contributed by atoms with E-state index in [0.717, 1.165) is 3.79 Å². The van der Waals surface area contributed by atoms with Crippen molar-refractivity contribution in [2.24, 2.45) is 0 Å². The summed E-state index contributed by atoms with van der Waals surface area (Å²) in [6.45, 7) is -0.723. The van der Waals surface area contributed by atoms with Crippen molar-refractivity contribution in [2.45, 2.75) is 4.83 Å². The lowest BCUT2D eigenvalue weighted by molar-refractivity contribution is 0.0836. The minimum absolute atomic E-state index is 0.374. The van der Waals surface area contributed by atoms with E-state index in [9.17, 15) is 13.6 Å². The van der Waals surface area contributed by atoms with Crippen LogP contribution in [0.15, 0.2) is 15.2 Å². The van der Waals surface area contributed by atoms with E-state index in [1.54, 1.807) is 11.4 Å². The van der Waals surface area contributed by atoms with Crippen molar-refractivity contribution in [3.63, 3.8) is 0 Å². The molecule has 1 N–H and O–H groups in total. The third-order valence-corrected chi connectivity index (χ3v) is 3.06. The summed E-state index contributed by atoms with van der Waals surface area (Å²) in [6, 6.07) is 1.58. The third-order valence-electron chi connectivity index (χ3n) is 1.28. The van der Waals surface area contributed by atoms with Crippen LogP contribution >= 0.6 is 43.2 Å². The number of hydrogen-bond acceptors (Lipinski definition) is 2. The molecule has 0 aromatic carbocycles. The predicted molar refractivity (Wildman–Crippen MR) is 58.2 cm³/mol. The highest BCUT2D eigenvalue weighted by molar-refractivity contribution is 9.11. The lowest BCUT2D eigenvalue weighted by atomic mass is 10.3. The molecule has 1 rings (SSSR count). The Labute approximate surface area is 99.9 Å². The fourth-order valence-electron chi connectivity index (χ4n) is 0.712. The van der Waals surface area contributed by atoms with Crippen LogP contribution in [0.5, 0.6) is 0 Å². The molecule has 2 nitrogen and oxygen atoms in total. The summed E-state index contributed by atoms with van der Waals surface area (Å²) < 4.78 is 25.4. The maximum absolute atomic E-state index is 12.3. The molecule has 0 saturated carbocycles. The molecular weight excluding hydrogens is 344 g/mol. The second-order valence-electron chi connectivity index (χ2n) is 2.44. The smallest absolute Gasteiger partial charge is 0.318 e. The summed E-state index contributed by atoms with van der Waals surface area (Å²) in [4.78, 5) is 8.17. The third kappa shape index (κ3) is 4.02. The van der Waals surface area contributed by atoms with Crippen LogP contribution in [-0.2, 0) is 0 Å². The molecule has 7 heteroatoms. The number of carbonyl (C=O) groups excluding carboxylic acids is 1. The molecule has 1 heterocycles. The number of thiophene rings is 1. The largest absolute Gasteiger partial charge is 0.345 e. The van der Waals surface area contributed by atoms with E-state index in [0.29, 0.717) is 5.56 Å². The number of rotatable bonds is 3. The Morgan fingerprint density at radius 3 is 2.71 bits per heavy atom. The molecule has 1 aromatic rings. The molecule has 0 aliphatic rings. The van der Waals surface area contributed by atoms with Gasteiger partial charge in [-0.1, -0.05) is 0 Å². The molecule has 0 unspecified atom stereocenters. The van der Waals surface area contributed by atoms with Gasteiger partial charge in [0, 0.05) is 5.38 Å². The summed E-state index contributed by atoms with van der Waals surface area (Å²) >= 11 is 6.62. The molecule has 14 heavy (non-hydrogen) atoms. The van der Waals surface area contributed by atoms with E-state index in [2.05, 4.69) is 37.2 Å². The Bertz CT molecular complexity index is 337. The topological polar surface area (TPSA) is 29.1 Å². The van der Waals surface area contributed by atoms with E-state index >= 15 is 0 Å².